The lowest BCUT2D eigenvalue weighted by Gasteiger charge is -2.21. The van der Waals surface area contributed by atoms with Crippen LogP contribution in [0, 0.1) is 5.82 Å². The maximum atomic E-state index is 14.0. The monoisotopic (exact) mass is 482 g/mol. The maximum absolute atomic E-state index is 14.0. The largest absolute Gasteiger partial charge is 0.484 e. The van der Waals surface area contributed by atoms with E-state index in [0.717, 1.165) is 41.2 Å². The minimum absolute atomic E-state index is 0.232. The molecule has 0 unspecified atom stereocenters. The highest BCUT2D eigenvalue weighted by Crippen LogP contribution is 2.44. The Bertz CT molecular complexity index is 1200. The van der Waals surface area contributed by atoms with Crippen molar-refractivity contribution < 1.29 is 23.1 Å². The van der Waals surface area contributed by atoms with Crippen LogP contribution in [0.5, 0.6) is 5.75 Å². The SMILES string of the molecule is CCN(CC)C/C=C\c1cc(F)ccc1SNc1ccc2c(c1C(=O)OC)OCc1occc1-2. The Morgan fingerprint density at radius 1 is 1.21 bits per heavy atom. The molecule has 3 aromatic rings. The van der Waals surface area contributed by atoms with Crippen LogP contribution in [-0.4, -0.2) is 37.6 Å². The molecule has 1 N–H and O–H groups in total. The minimum Gasteiger partial charge on any atom is -0.484 e. The average molecular weight is 483 g/mol. The fourth-order valence-corrected chi connectivity index (χ4v) is 4.60. The zero-order valence-electron chi connectivity index (χ0n) is 19.4. The predicted octanol–water partition coefficient (Wildman–Crippen LogP) is 6.24. The van der Waals surface area contributed by atoms with Gasteiger partial charge in [-0.05, 0) is 67.0 Å². The molecule has 0 aliphatic carbocycles. The van der Waals surface area contributed by atoms with Gasteiger partial charge in [0.25, 0.3) is 0 Å². The summed E-state index contributed by atoms with van der Waals surface area (Å²) in [4.78, 5) is 15.8. The number of halogens is 1. The molecule has 6 nitrogen and oxygen atoms in total. The maximum Gasteiger partial charge on any atom is 0.343 e. The van der Waals surface area contributed by atoms with Crippen LogP contribution in [0.1, 0.15) is 35.5 Å². The van der Waals surface area contributed by atoms with E-state index in [1.807, 2.05) is 30.4 Å². The van der Waals surface area contributed by atoms with Crippen molar-refractivity contribution in [3.8, 4) is 16.9 Å². The number of nitrogens with one attached hydrogen (secondary N) is 1. The Morgan fingerprint density at radius 3 is 2.79 bits per heavy atom. The number of hydrogen-bond donors (Lipinski definition) is 1. The predicted molar refractivity (Wildman–Crippen MR) is 133 cm³/mol. The number of carbonyl (C=O) groups is 1. The Balaban J connectivity index is 1.61. The van der Waals surface area contributed by atoms with Gasteiger partial charge in [0.1, 0.15) is 29.5 Å². The van der Waals surface area contributed by atoms with Crippen molar-refractivity contribution >= 4 is 29.7 Å². The Labute approximate surface area is 202 Å². The van der Waals surface area contributed by atoms with Crippen molar-refractivity contribution in [2.45, 2.75) is 25.3 Å². The van der Waals surface area contributed by atoms with E-state index in [-0.39, 0.29) is 12.4 Å². The second-order valence-corrected chi connectivity index (χ2v) is 8.53. The number of benzene rings is 2. The number of ether oxygens (including phenoxy) is 2. The van der Waals surface area contributed by atoms with Crippen LogP contribution in [0.3, 0.4) is 0 Å². The van der Waals surface area contributed by atoms with Gasteiger partial charge in [-0.1, -0.05) is 26.0 Å². The molecular weight excluding hydrogens is 455 g/mol. The molecule has 0 saturated carbocycles. The van der Waals surface area contributed by atoms with E-state index in [2.05, 4.69) is 23.5 Å². The number of fused-ring (bicyclic) bond motifs is 3. The van der Waals surface area contributed by atoms with E-state index in [4.69, 9.17) is 13.9 Å². The number of nitrogens with zero attached hydrogens (tertiary/aromatic N) is 1. The average Bonchev–Trinajstić information content (AvgIpc) is 3.34. The minimum atomic E-state index is -0.509. The van der Waals surface area contributed by atoms with Crippen molar-refractivity contribution in [2.24, 2.45) is 0 Å². The molecule has 0 bridgehead atoms. The van der Waals surface area contributed by atoms with Crippen molar-refractivity contribution in [3.63, 3.8) is 0 Å². The van der Waals surface area contributed by atoms with Crippen LogP contribution >= 0.6 is 11.9 Å². The number of anilines is 1. The number of esters is 1. The molecule has 0 saturated heterocycles. The zero-order valence-corrected chi connectivity index (χ0v) is 20.2. The van der Waals surface area contributed by atoms with Crippen LogP contribution in [0.25, 0.3) is 17.2 Å². The third-order valence-electron chi connectivity index (χ3n) is 5.73. The van der Waals surface area contributed by atoms with Gasteiger partial charge in [0, 0.05) is 22.6 Å². The summed E-state index contributed by atoms with van der Waals surface area (Å²) in [6.45, 7) is 7.13. The Morgan fingerprint density at radius 2 is 2.03 bits per heavy atom. The molecular formula is C26H27FN2O4S. The van der Waals surface area contributed by atoms with Gasteiger partial charge >= 0.3 is 5.97 Å². The number of furan rings is 1. The first kappa shape index (κ1) is 23.9. The highest BCUT2D eigenvalue weighted by atomic mass is 32.2. The number of methoxy groups -OCH3 is 1. The molecule has 0 spiro atoms. The zero-order chi connectivity index (χ0) is 24.1. The molecule has 1 aliphatic heterocycles. The first-order valence-corrected chi connectivity index (χ1v) is 11.9. The first-order chi connectivity index (χ1) is 16.5. The quantitative estimate of drug-likeness (QED) is 0.286. The molecule has 2 aromatic carbocycles. The van der Waals surface area contributed by atoms with E-state index < -0.39 is 5.97 Å². The summed E-state index contributed by atoms with van der Waals surface area (Å²) in [5, 5.41) is 0. The molecule has 0 radical (unpaired) electrons. The lowest BCUT2D eigenvalue weighted by Crippen LogP contribution is -2.22. The second kappa shape index (κ2) is 10.8. The highest BCUT2D eigenvalue weighted by Gasteiger charge is 2.28. The summed E-state index contributed by atoms with van der Waals surface area (Å²) in [7, 11) is 1.34. The van der Waals surface area contributed by atoms with Crippen molar-refractivity contribution in [1.29, 1.82) is 0 Å². The molecule has 8 heteroatoms. The number of carbonyl (C=O) groups excluding carboxylic acids is 1. The van der Waals surface area contributed by atoms with E-state index in [1.165, 1.54) is 31.2 Å². The fraction of sp³-hybridized carbons (Fsp3) is 0.269. The molecule has 0 fully saturated rings. The Hall–Kier alpha value is -3.23. The van der Waals surface area contributed by atoms with E-state index in [0.29, 0.717) is 22.8 Å². The van der Waals surface area contributed by atoms with Gasteiger partial charge < -0.3 is 23.5 Å². The van der Waals surface area contributed by atoms with Crippen molar-refractivity contribution in [1.82, 2.24) is 4.90 Å². The van der Waals surface area contributed by atoms with Gasteiger partial charge in [-0.2, -0.15) is 0 Å². The Kier molecular flexibility index (Phi) is 7.59. The normalized spacial score (nSPS) is 12.4. The summed E-state index contributed by atoms with van der Waals surface area (Å²) < 4.78 is 33.6. The van der Waals surface area contributed by atoms with Crippen molar-refractivity contribution in [2.75, 3.05) is 31.5 Å². The molecule has 4 rings (SSSR count). The van der Waals surface area contributed by atoms with E-state index in [1.54, 1.807) is 12.3 Å². The summed E-state index contributed by atoms with van der Waals surface area (Å²) in [6.07, 6.45) is 5.55. The molecule has 34 heavy (non-hydrogen) atoms. The van der Waals surface area contributed by atoms with Crippen LogP contribution in [0.15, 0.2) is 58.1 Å². The van der Waals surface area contributed by atoms with Gasteiger partial charge in [-0.15, -0.1) is 0 Å². The van der Waals surface area contributed by atoms with E-state index in [9.17, 15) is 9.18 Å². The van der Waals surface area contributed by atoms with Gasteiger partial charge in [-0.25, -0.2) is 9.18 Å². The first-order valence-electron chi connectivity index (χ1n) is 11.1. The third kappa shape index (κ3) is 4.98. The van der Waals surface area contributed by atoms with Gasteiger partial charge in [0.05, 0.1) is 19.1 Å². The standard InChI is InChI=1S/C26H27FN2O4S/c1-4-29(5-2)13-6-7-17-15-18(27)8-11-23(17)34-28-21-10-9-20-19-12-14-32-22(19)16-33-25(20)24(21)26(30)31-3/h6-12,14-15,28H,4-5,13,16H2,1-3H3/b7-6-. The fourth-order valence-electron chi connectivity index (χ4n) is 3.83. The smallest absolute Gasteiger partial charge is 0.343 e. The lowest BCUT2D eigenvalue weighted by atomic mass is 9.98. The van der Waals surface area contributed by atoms with Crippen molar-refractivity contribution in [3.05, 3.63) is 71.4 Å². The van der Waals surface area contributed by atoms with Gasteiger partial charge in [0.2, 0.25) is 0 Å². The topological polar surface area (TPSA) is 63.9 Å². The van der Waals surface area contributed by atoms with Crippen LogP contribution < -0.4 is 9.46 Å². The van der Waals surface area contributed by atoms with Crippen LogP contribution in [-0.2, 0) is 11.3 Å². The number of likely N-dealkylation sites (N-methyl/N-ethyl adjacent to an activating group) is 1. The summed E-state index contributed by atoms with van der Waals surface area (Å²) in [5.74, 6) is 0.348. The lowest BCUT2D eigenvalue weighted by molar-refractivity contribution is 0.0596. The number of hydrogen-bond acceptors (Lipinski definition) is 7. The molecule has 178 valence electrons. The summed E-state index contributed by atoms with van der Waals surface area (Å²) in [6, 6.07) is 10.2. The molecule has 1 aliphatic rings. The second-order valence-electron chi connectivity index (χ2n) is 7.68. The summed E-state index contributed by atoms with van der Waals surface area (Å²) >= 11 is 1.30. The molecule has 0 atom stereocenters. The molecule has 2 heterocycles. The van der Waals surface area contributed by atoms with E-state index >= 15 is 0 Å². The third-order valence-corrected chi connectivity index (χ3v) is 6.64. The van der Waals surface area contributed by atoms with Crippen LogP contribution in [0.2, 0.25) is 0 Å². The van der Waals surface area contributed by atoms with Gasteiger partial charge in [-0.3, -0.25) is 0 Å². The highest BCUT2D eigenvalue weighted by molar-refractivity contribution is 8.00. The summed E-state index contributed by atoms with van der Waals surface area (Å²) in [5.41, 5.74) is 3.27. The van der Waals surface area contributed by atoms with Crippen LogP contribution in [0.4, 0.5) is 10.1 Å². The number of rotatable bonds is 9. The molecule has 0 amide bonds. The van der Waals surface area contributed by atoms with Gasteiger partial charge in [0.15, 0.2) is 0 Å². The molecule has 1 aromatic heterocycles.